The molecule has 0 aliphatic rings. The molecule has 1 unspecified atom stereocenters. The number of hydrogen-bond acceptors (Lipinski definition) is 2. The Bertz CT molecular complexity index is 415. The molecule has 0 aromatic heterocycles. The van der Waals surface area contributed by atoms with Crippen LogP contribution in [0.15, 0.2) is 18.2 Å². The van der Waals surface area contributed by atoms with Crippen LogP contribution < -0.4 is 4.74 Å². The predicted molar refractivity (Wildman–Crippen MR) is 70.3 cm³/mol. The topological polar surface area (TPSA) is 33.0 Å². The summed E-state index contributed by atoms with van der Waals surface area (Å²) in [7, 11) is 1.66. The summed E-state index contributed by atoms with van der Waals surface area (Å²) < 4.78 is 5.36. The molecule has 2 nitrogen and oxygen atoms in total. The van der Waals surface area contributed by atoms with E-state index in [1.54, 1.807) is 7.11 Å². The summed E-state index contributed by atoms with van der Waals surface area (Å²) in [5, 5.41) is 9.29. The molecule has 0 bridgehead atoms. The van der Waals surface area contributed by atoms with Crippen molar-refractivity contribution in [2.24, 2.45) is 5.92 Å². The van der Waals surface area contributed by atoms with Gasteiger partial charge >= 0.3 is 0 Å². The molecule has 1 aromatic rings. The van der Waals surface area contributed by atoms with E-state index in [1.807, 2.05) is 6.07 Å². The van der Waals surface area contributed by atoms with Crippen LogP contribution in [0.3, 0.4) is 0 Å². The zero-order valence-corrected chi connectivity index (χ0v) is 11.3. The normalized spacial score (nSPS) is 12.6. The maximum absolute atomic E-state index is 9.29. The molecule has 92 valence electrons. The van der Waals surface area contributed by atoms with Crippen molar-refractivity contribution in [1.29, 1.82) is 5.26 Å². The second-order valence-corrected chi connectivity index (χ2v) is 5.01. The van der Waals surface area contributed by atoms with Crippen LogP contribution in [0.2, 0.25) is 0 Å². The quantitative estimate of drug-likeness (QED) is 0.782. The summed E-state index contributed by atoms with van der Waals surface area (Å²) in [4.78, 5) is 0. The van der Waals surface area contributed by atoms with E-state index in [0.717, 1.165) is 11.3 Å². The molecular formula is C15H21NO. The fraction of sp³-hybridized carbons (Fsp3) is 0.533. The molecule has 0 fully saturated rings. The van der Waals surface area contributed by atoms with E-state index in [1.165, 1.54) is 5.56 Å². The van der Waals surface area contributed by atoms with Gasteiger partial charge in [-0.25, -0.2) is 0 Å². The number of nitriles is 1. The number of benzene rings is 1. The van der Waals surface area contributed by atoms with Gasteiger partial charge in [0.1, 0.15) is 5.75 Å². The van der Waals surface area contributed by atoms with Gasteiger partial charge in [-0.1, -0.05) is 39.8 Å². The van der Waals surface area contributed by atoms with Crippen LogP contribution in [0, 0.1) is 17.2 Å². The Kier molecular flexibility index (Phi) is 4.57. The molecule has 0 aliphatic heterocycles. The van der Waals surface area contributed by atoms with Gasteiger partial charge in [0.15, 0.2) is 0 Å². The monoisotopic (exact) mass is 231 g/mol. The molecule has 0 heterocycles. The number of ether oxygens (including phenoxy) is 1. The Morgan fingerprint density at radius 2 is 1.82 bits per heavy atom. The minimum Gasteiger partial charge on any atom is -0.496 e. The SMILES string of the molecule is COc1ccc(C(C)C)cc1C(C#N)C(C)C. The van der Waals surface area contributed by atoms with Crippen molar-refractivity contribution in [3.8, 4) is 11.8 Å². The standard InChI is InChI=1S/C15H21NO/c1-10(2)12-6-7-15(17-5)13(8-12)14(9-16)11(3)4/h6-8,10-11,14H,1-5H3. The molecule has 1 atom stereocenters. The van der Waals surface area contributed by atoms with E-state index < -0.39 is 0 Å². The number of nitrogens with zero attached hydrogens (tertiary/aromatic N) is 1. The third-order valence-corrected chi connectivity index (χ3v) is 3.06. The Balaban J connectivity index is 3.27. The van der Waals surface area contributed by atoms with E-state index in [0.29, 0.717) is 5.92 Å². The molecule has 0 amide bonds. The third-order valence-electron chi connectivity index (χ3n) is 3.06. The number of hydrogen-bond donors (Lipinski definition) is 0. The van der Waals surface area contributed by atoms with Gasteiger partial charge in [-0.15, -0.1) is 0 Å². The van der Waals surface area contributed by atoms with Gasteiger partial charge in [-0.05, 0) is 23.5 Å². The summed E-state index contributed by atoms with van der Waals surface area (Å²) in [6.45, 7) is 8.44. The lowest BCUT2D eigenvalue weighted by atomic mass is 9.87. The van der Waals surface area contributed by atoms with Crippen LogP contribution >= 0.6 is 0 Å². The lowest BCUT2D eigenvalue weighted by molar-refractivity contribution is 0.403. The zero-order valence-electron chi connectivity index (χ0n) is 11.3. The molecule has 0 saturated carbocycles. The molecule has 0 N–H and O–H groups in total. The molecule has 0 aliphatic carbocycles. The van der Waals surface area contributed by atoms with Crippen LogP contribution in [0.5, 0.6) is 5.75 Å². The molecule has 0 radical (unpaired) electrons. The maximum atomic E-state index is 9.29. The first-order chi connectivity index (χ1) is 8.01. The van der Waals surface area contributed by atoms with E-state index in [4.69, 9.17) is 4.74 Å². The van der Waals surface area contributed by atoms with Crippen LogP contribution in [-0.2, 0) is 0 Å². The van der Waals surface area contributed by atoms with Crippen molar-refractivity contribution < 1.29 is 4.74 Å². The summed E-state index contributed by atoms with van der Waals surface area (Å²) in [6, 6.07) is 8.53. The Morgan fingerprint density at radius 1 is 1.18 bits per heavy atom. The summed E-state index contributed by atoms with van der Waals surface area (Å²) in [5.41, 5.74) is 2.26. The minimum atomic E-state index is -0.108. The first-order valence-electron chi connectivity index (χ1n) is 6.08. The molecule has 17 heavy (non-hydrogen) atoms. The molecule has 0 spiro atoms. The highest BCUT2D eigenvalue weighted by Gasteiger charge is 2.20. The first kappa shape index (κ1) is 13.6. The second kappa shape index (κ2) is 5.72. The average Bonchev–Trinajstić information content (AvgIpc) is 2.29. The average molecular weight is 231 g/mol. The van der Waals surface area contributed by atoms with Crippen LogP contribution in [0.4, 0.5) is 0 Å². The van der Waals surface area contributed by atoms with E-state index in [9.17, 15) is 5.26 Å². The summed E-state index contributed by atoms with van der Waals surface area (Å²) >= 11 is 0. The largest absolute Gasteiger partial charge is 0.496 e. The van der Waals surface area contributed by atoms with Crippen molar-refractivity contribution in [3.05, 3.63) is 29.3 Å². The third kappa shape index (κ3) is 3.00. The second-order valence-electron chi connectivity index (χ2n) is 5.01. The lowest BCUT2D eigenvalue weighted by Crippen LogP contribution is -2.07. The highest BCUT2D eigenvalue weighted by Crippen LogP contribution is 2.33. The zero-order chi connectivity index (χ0) is 13.0. The predicted octanol–water partition coefficient (Wildman–Crippen LogP) is 4.08. The van der Waals surface area contributed by atoms with Gasteiger partial charge in [0.2, 0.25) is 0 Å². The first-order valence-corrected chi connectivity index (χ1v) is 6.08. The fourth-order valence-corrected chi connectivity index (χ4v) is 1.93. The Hall–Kier alpha value is -1.49. The molecule has 0 saturated heterocycles. The van der Waals surface area contributed by atoms with Crippen LogP contribution in [0.1, 0.15) is 50.7 Å². The molecule has 2 heteroatoms. The highest BCUT2D eigenvalue weighted by atomic mass is 16.5. The van der Waals surface area contributed by atoms with Gasteiger partial charge in [-0.3, -0.25) is 0 Å². The van der Waals surface area contributed by atoms with Crippen molar-refractivity contribution in [1.82, 2.24) is 0 Å². The minimum absolute atomic E-state index is 0.108. The van der Waals surface area contributed by atoms with Crippen LogP contribution in [0.25, 0.3) is 0 Å². The maximum Gasteiger partial charge on any atom is 0.123 e. The molecule has 1 aromatic carbocycles. The smallest absolute Gasteiger partial charge is 0.123 e. The Labute approximate surface area is 104 Å². The molecule has 1 rings (SSSR count). The van der Waals surface area contributed by atoms with E-state index in [2.05, 4.69) is 45.9 Å². The molecular weight excluding hydrogens is 210 g/mol. The van der Waals surface area contributed by atoms with E-state index in [-0.39, 0.29) is 11.8 Å². The summed E-state index contributed by atoms with van der Waals surface area (Å²) in [6.07, 6.45) is 0. The van der Waals surface area contributed by atoms with Crippen molar-refractivity contribution in [2.45, 2.75) is 39.5 Å². The highest BCUT2D eigenvalue weighted by molar-refractivity contribution is 5.43. The fourth-order valence-electron chi connectivity index (χ4n) is 1.93. The number of methoxy groups -OCH3 is 1. The summed E-state index contributed by atoms with van der Waals surface area (Å²) in [5.74, 6) is 1.46. The van der Waals surface area contributed by atoms with E-state index >= 15 is 0 Å². The Morgan fingerprint density at radius 3 is 2.24 bits per heavy atom. The van der Waals surface area contributed by atoms with Gasteiger partial charge in [0, 0.05) is 5.56 Å². The van der Waals surface area contributed by atoms with Gasteiger partial charge in [0.05, 0.1) is 19.1 Å². The van der Waals surface area contributed by atoms with Gasteiger partial charge in [0.25, 0.3) is 0 Å². The lowest BCUT2D eigenvalue weighted by Gasteiger charge is -2.18. The number of rotatable bonds is 4. The van der Waals surface area contributed by atoms with Gasteiger partial charge in [-0.2, -0.15) is 5.26 Å². The van der Waals surface area contributed by atoms with Crippen molar-refractivity contribution in [3.63, 3.8) is 0 Å². The van der Waals surface area contributed by atoms with Crippen molar-refractivity contribution >= 4 is 0 Å². The van der Waals surface area contributed by atoms with Crippen molar-refractivity contribution in [2.75, 3.05) is 7.11 Å². The van der Waals surface area contributed by atoms with Gasteiger partial charge < -0.3 is 4.74 Å². The van der Waals surface area contributed by atoms with Crippen LogP contribution in [-0.4, -0.2) is 7.11 Å².